The molecule has 2 aromatic heterocycles. The van der Waals surface area contributed by atoms with E-state index in [-0.39, 0.29) is 5.95 Å². The summed E-state index contributed by atoms with van der Waals surface area (Å²) in [5, 5.41) is 17.9. The number of rotatable bonds is 0. The molecule has 7 heteroatoms. The minimum absolute atomic E-state index is 0.104. The summed E-state index contributed by atoms with van der Waals surface area (Å²) in [5.41, 5.74) is 5.22. The molecule has 0 amide bonds. The number of fused-ring (bicyclic) bond motifs is 1. The van der Waals surface area contributed by atoms with Gasteiger partial charge in [-0.15, -0.1) is 25.5 Å². The SMILES string of the molecule is Nc1nnc2nncn2n1. The Balaban J connectivity index is 2.86. The number of hydrogen-bond donors (Lipinski definition) is 1. The quantitative estimate of drug-likeness (QED) is 0.474. The maximum Gasteiger partial charge on any atom is 0.290 e. The van der Waals surface area contributed by atoms with Crippen LogP contribution in [0.3, 0.4) is 0 Å². The monoisotopic (exact) mass is 137 g/mol. The van der Waals surface area contributed by atoms with Crippen molar-refractivity contribution >= 4 is 11.7 Å². The molecule has 0 aliphatic heterocycles. The van der Waals surface area contributed by atoms with Crippen molar-refractivity contribution in [2.75, 3.05) is 5.73 Å². The van der Waals surface area contributed by atoms with Crippen LogP contribution in [0.25, 0.3) is 5.78 Å². The minimum Gasteiger partial charge on any atom is -0.365 e. The first-order valence-corrected chi connectivity index (χ1v) is 2.52. The Morgan fingerprint density at radius 2 is 2.20 bits per heavy atom. The van der Waals surface area contributed by atoms with Gasteiger partial charge in [0.25, 0.3) is 11.7 Å². The zero-order valence-corrected chi connectivity index (χ0v) is 4.84. The zero-order chi connectivity index (χ0) is 6.97. The smallest absolute Gasteiger partial charge is 0.290 e. The predicted molar refractivity (Wildman–Crippen MR) is 30.8 cm³/mol. The van der Waals surface area contributed by atoms with Crippen molar-refractivity contribution in [2.45, 2.75) is 0 Å². The molecule has 50 valence electrons. The van der Waals surface area contributed by atoms with E-state index in [2.05, 4.69) is 25.5 Å². The molecule has 10 heavy (non-hydrogen) atoms. The lowest BCUT2D eigenvalue weighted by atomic mass is 11.0. The fourth-order valence-corrected chi connectivity index (χ4v) is 0.587. The van der Waals surface area contributed by atoms with Crippen LogP contribution in [-0.4, -0.2) is 30.0 Å². The van der Waals surface area contributed by atoms with Gasteiger partial charge in [0.15, 0.2) is 0 Å². The number of aromatic nitrogens is 6. The Kier molecular flexibility index (Phi) is 0.802. The van der Waals surface area contributed by atoms with E-state index in [1.165, 1.54) is 10.8 Å². The van der Waals surface area contributed by atoms with Gasteiger partial charge in [0.1, 0.15) is 6.33 Å². The van der Waals surface area contributed by atoms with Crippen LogP contribution in [0.15, 0.2) is 6.33 Å². The topological polar surface area (TPSA) is 94.9 Å². The van der Waals surface area contributed by atoms with Crippen LogP contribution in [0.1, 0.15) is 0 Å². The molecule has 7 nitrogen and oxygen atoms in total. The average Bonchev–Trinajstić information content (AvgIpc) is 2.33. The molecule has 0 saturated carbocycles. The Morgan fingerprint density at radius 1 is 1.30 bits per heavy atom. The average molecular weight is 137 g/mol. The molecule has 0 unspecified atom stereocenters. The highest BCUT2D eigenvalue weighted by Crippen LogP contribution is 1.88. The molecule has 2 rings (SSSR count). The molecular weight excluding hydrogens is 134 g/mol. The second kappa shape index (κ2) is 1.59. The molecule has 0 aromatic carbocycles. The first kappa shape index (κ1) is 5.03. The third-order valence-electron chi connectivity index (χ3n) is 0.965. The number of nitrogen functional groups attached to an aromatic ring is 1. The molecule has 0 spiro atoms. The number of nitrogens with zero attached hydrogens (tertiary/aromatic N) is 6. The van der Waals surface area contributed by atoms with Gasteiger partial charge in [0.2, 0.25) is 0 Å². The van der Waals surface area contributed by atoms with Gasteiger partial charge in [-0.25, -0.2) is 0 Å². The Bertz CT molecular complexity index is 350. The molecule has 0 aliphatic carbocycles. The van der Waals surface area contributed by atoms with Gasteiger partial charge in [-0.05, 0) is 0 Å². The molecule has 0 atom stereocenters. The summed E-state index contributed by atoms with van der Waals surface area (Å²) in [4.78, 5) is 0. The van der Waals surface area contributed by atoms with E-state index in [1.807, 2.05) is 0 Å². The van der Waals surface area contributed by atoms with Gasteiger partial charge in [0, 0.05) is 0 Å². The van der Waals surface area contributed by atoms with Crippen molar-refractivity contribution in [2.24, 2.45) is 0 Å². The summed E-state index contributed by atoms with van der Waals surface area (Å²) in [7, 11) is 0. The highest BCUT2D eigenvalue weighted by molar-refractivity contribution is 5.22. The van der Waals surface area contributed by atoms with Crippen LogP contribution in [0.4, 0.5) is 5.95 Å². The number of anilines is 1. The van der Waals surface area contributed by atoms with Crippen LogP contribution in [0, 0.1) is 0 Å². The van der Waals surface area contributed by atoms with E-state index in [0.717, 1.165) is 0 Å². The Morgan fingerprint density at radius 3 is 3.10 bits per heavy atom. The molecule has 2 heterocycles. The van der Waals surface area contributed by atoms with Crippen molar-refractivity contribution in [3.05, 3.63) is 6.33 Å². The number of hydrogen-bond acceptors (Lipinski definition) is 6. The van der Waals surface area contributed by atoms with Crippen LogP contribution >= 0.6 is 0 Å². The van der Waals surface area contributed by atoms with E-state index in [9.17, 15) is 0 Å². The van der Waals surface area contributed by atoms with E-state index < -0.39 is 0 Å². The molecule has 0 fully saturated rings. The van der Waals surface area contributed by atoms with Crippen molar-refractivity contribution < 1.29 is 0 Å². The summed E-state index contributed by atoms with van der Waals surface area (Å²) >= 11 is 0. The fourth-order valence-electron chi connectivity index (χ4n) is 0.587. The molecular formula is C3H3N7. The first-order chi connectivity index (χ1) is 4.86. The summed E-state index contributed by atoms with van der Waals surface area (Å²) < 4.78 is 1.35. The van der Waals surface area contributed by atoms with Gasteiger partial charge >= 0.3 is 0 Å². The molecule has 2 aromatic rings. The molecule has 0 bridgehead atoms. The van der Waals surface area contributed by atoms with E-state index >= 15 is 0 Å². The van der Waals surface area contributed by atoms with Crippen LogP contribution in [-0.2, 0) is 0 Å². The van der Waals surface area contributed by atoms with E-state index in [0.29, 0.717) is 5.78 Å². The molecule has 0 radical (unpaired) electrons. The third-order valence-corrected chi connectivity index (χ3v) is 0.965. The summed E-state index contributed by atoms with van der Waals surface area (Å²) in [6, 6.07) is 0. The molecule has 2 N–H and O–H groups in total. The van der Waals surface area contributed by atoms with Gasteiger partial charge < -0.3 is 5.73 Å². The second-order valence-corrected chi connectivity index (χ2v) is 1.63. The zero-order valence-electron chi connectivity index (χ0n) is 4.84. The van der Waals surface area contributed by atoms with Gasteiger partial charge in [0.05, 0.1) is 0 Å². The molecule has 0 aliphatic rings. The highest BCUT2D eigenvalue weighted by atomic mass is 15.4. The van der Waals surface area contributed by atoms with Gasteiger partial charge in [-0.2, -0.15) is 4.52 Å². The predicted octanol–water partition coefficient (Wildman–Crippen LogP) is -1.50. The van der Waals surface area contributed by atoms with Crippen molar-refractivity contribution in [1.82, 2.24) is 30.0 Å². The fraction of sp³-hybridized carbons (Fsp3) is 0. The van der Waals surface area contributed by atoms with E-state index in [4.69, 9.17) is 5.73 Å². The van der Waals surface area contributed by atoms with Gasteiger partial charge in [-0.1, -0.05) is 0 Å². The highest BCUT2D eigenvalue weighted by Gasteiger charge is 1.96. The maximum absolute atomic E-state index is 5.22. The van der Waals surface area contributed by atoms with Gasteiger partial charge in [-0.3, -0.25) is 0 Å². The molecule has 0 saturated heterocycles. The lowest BCUT2D eigenvalue weighted by Crippen LogP contribution is -2.02. The second-order valence-electron chi connectivity index (χ2n) is 1.63. The van der Waals surface area contributed by atoms with Crippen LogP contribution in [0.2, 0.25) is 0 Å². The summed E-state index contributed by atoms with van der Waals surface area (Å²) in [6.07, 6.45) is 1.40. The third kappa shape index (κ3) is 0.569. The summed E-state index contributed by atoms with van der Waals surface area (Å²) in [5.74, 6) is 0.446. The Labute approximate surface area is 54.9 Å². The maximum atomic E-state index is 5.22. The normalized spacial score (nSPS) is 10.4. The van der Waals surface area contributed by atoms with Crippen molar-refractivity contribution in [3.63, 3.8) is 0 Å². The number of nitrogens with two attached hydrogens (primary N) is 1. The lowest BCUT2D eigenvalue weighted by Gasteiger charge is -1.87. The van der Waals surface area contributed by atoms with Crippen molar-refractivity contribution in [3.8, 4) is 0 Å². The Hall–Kier alpha value is -1.79. The summed E-state index contributed by atoms with van der Waals surface area (Å²) in [6.45, 7) is 0. The van der Waals surface area contributed by atoms with Crippen molar-refractivity contribution in [1.29, 1.82) is 0 Å². The van der Waals surface area contributed by atoms with E-state index in [1.54, 1.807) is 0 Å². The standard InChI is InChI=1S/C3H3N7/c4-2-6-8-3-7-5-1-10(3)9-2/h1H,(H2,4,9). The minimum atomic E-state index is 0.104. The van der Waals surface area contributed by atoms with Crippen LogP contribution in [0.5, 0.6) is 0 Å². The van der Waals surface area contributed by atoms with Crippen LogP contribution < -0.4 is 5.73 Å². The largest absolute Gasteiger partial charge is 0.365 e. The lowest BCUT2D eigenvalue weighted by molar-refractivity contribution is 0.840. The first-order valence-electron chi connectivity index (χ1n) is 2.52.